The van der Waals surface area contributed by atoms with Gasteiger partial charge in [0.15, 0.2) is 0 Å². The van der Waals surface area contributed by atoms with Crippen molar-refractivity contribution >= 4 is 33.0 Å². The van der Waals surface area contributed by atoms with E-state index in [1.54, 1.807) is 67.8 Å². The van der Waals surface area contributed by atoms with Crippen molar-refractivity contribution in [1.29, 1.82) is 0 Å². The molecule has 0 atom stereocenters. The molecule has 0 aliphatic carbocycles. The van der Waals surface area contributed by atoms with Crippen molar-refractivity contribution in [2.24, 2.45) is 0 Å². The number of nitrogens with zero attached hydrogens (tertiary/aromatic N) is 1. The molecule has 1 fully saturated rings. The van der Waals surface area contributed by atoms with E-state index in [0.717, 1.165) is 10.6 Å². The molecule has 0 unspecified atom stereocenters. The van der Waals surface area contributed by atoms with E-state index in [2.05, 4.69) is 10.6 Å². The van der Waals surface area contributed by atoms with Crippen molar-refractivity contribution < 1.29 is 23.1 Å². The summed E-state index contributed by atoms with van der Waals surface area (Å²) >= 11 is 1.17. The molecule has 0 saturated carbocycles. The number of carbonyl (C=O) groups excluding carboxylic acids is 1. The van der Waals surface area contributed by atoms with Gasteiger partial charge in [0.1, 0.15) is 15.7 Å². The lowest BCUT2D eigenvalue weighted by Gasteiger charge is -2.31. The van der Waals surface area contributed by atoms with Gasteiger partial charge in [0.25, 0.3) is 15.9 Å². The highest BCUT2D eigenvalue weighted by Gasteiger charge is 2.30. The van der Waals surface area contributed by atoms with Crippen LogP contribution in [0.1, 0.15) is 28.1 Å². The summed E-state index contributed by atoms with van der Waals surface area (Å²) in [4.78, 5) is 13.2. The number of benzene rings is 2. The Morgan fingerprint density at radius 2 is 1.85 bits per heavy atom. The summed E-state index contributed by atoms with van der Waals surface area (Å²) in [5.74, 6) is 0.556. The van der Waals surface area contributed by atoms with Crippen LogP contribution in [0.2, 0.25) is 0 Å². The maximum atomic E-state index is 13.1. The Morgan fingerprint density at radius 1 is 1.12 bits per heavy atom. The molecule has 1 amide bonds. The molecule has 4 rings (SSSR count). The van der Waals surface area contributed by atoms with Crippen LogP contribution in [0.4, 0.5) is 5.69 Å². The van der Waals surface area contributed by atoms with Crippen LogP contribution in [-0.4, -0.2) is 50.0 Å². The molecule has 8 nitrogen and oxygen atoms in total. The van der Waals surface area contributed by atoms with Gasteiger partial charge >= 0.3 is 0 Å². The number of amides is 1. The summed E-state index contributed by atoms with van der Waals surface area (Å²) in [6, 6.07) is 17.2. The van der Waals surface area contributed by atoms with Gasteiger partial charge in [-0.1, -0.05) is 6.07 Å². The Kier molecular flexibility index (Phi) is 7.40. The third-order valence-electron chi connectivity index (χ3n) is 5.68. The Hall–Kier alpha value is -3.08. The zero-order chi connectivity index (χ0) is 24.1. The Balaban J connectivity index is 1.31. The average Bonchev–Trinajstić information content (AvgIpc) is 3.34. The number of aromatic hydroxyl groups is 1. The van der Waals surface area contributed by atoms with Gasteiger partial charge in [0.2, 0.25) is 0 Å². The molecule has 1 aliphatic rings. The molecule has 1 aliphatic heterocycles. The molecule has 3 N–H and O–H groups in total. The van der Waals surface area contributed by atoms with Crippen LogP contribution in [0.25, 0.3) is 0 Å². The number of phenolic OH excluding ortho intramolecular Hbond substituents is 1. The van der Waals surface area contributed by atoms with Gasteiger partial charge in [-0.05, 0) is 67.4 Å². The van der Waals surface area contributed by atoms with Gasteiger partial charge in [0.05, 0.1) is 13.7 Å². The van der Waals surface area contributed by atoms with Crippen molar-refractivity contribution in [3.63, 3.8) is 0 Å². The average molecular weight is 502 g/mol. The number of ether oxygens (including phenoxy) is 1. The van der Waals surface area contributed by atoms with Crippen molar-refractivity contribution in [1.82, 2.24) is 9.62 Å². The maximum Gasteiger partial charge on any atom is 0.252 e. The van der Waals surface area contributed by atoms with E-state index in [1.807, 2.05) is 0 Å². The van der Waals surface area contributed by atoms with Crippen LogP contribution in [0, 0.1) is 0 Å². The minimum absolute atomic E-state index is 0.168. The first kappa shape index (κ1) is 24.1. The Bertz CT molecular complexity index is 1230. The fourth-order valence-corrected chi connectivity index (χ4v) is 6.71. The van der Waals surface area contributed by atoms with E-state index in [9.17, 15) is 18.3 Å². The monoisotopic (exact) mass is 501 g/mol. The normalized spacial score (nSPS) is 15.1. The lowest BCUT2D eigenvalue weighted by Crippen LogP contribution is -2.42. The quantitative estimate of drug-likeness (QED) is 0.407. The number of methoxy groups -OCH3 is 1. The second-order valence-electron chi connectivity index (χ2n) is 8.00. The highest BCUT2D eigenvalue weighted by molar-refractivity contribution is 7.91. The summed E-state index contributed by atoms with van der Waals surface area (Å²) in [6.07, 6.45) is 1.38. The SMILES string of the molecule is COc1cccc(C(=O)NCc2ccc(S(=O)(=O)N3CCC(Nc4ccc(O)cc4)CC3)s2)c1. The van der Waals surface area contributed by atoms with E-state index < -0.39 is 10.0 Å². The molecule has 2 aromatic carbocycles. The summed E-state index contributed by atoms with van der Waals surface area (Å²) in [6.45, 7) is 1.10. The summed E-state index contributed by atoms with van der Waals surface area (Å²) < 4.78 is 33.2. The fourth-order valence-electron chi connectivity index (χ4n) is 3.79. The predicted octanol–water partition coefficient (Wildman–Crippen LogP) is 3.66. The van der Waals surface area contributed by atoms with Gasteiger partial charge in [-0.15, -0.1) is 11.3 Å². The highest BCUT2D eigenvalue weighted by Crippen LogP contribution is 2.28. The molecule has 0 spiro atoms. The molecule has 180 valence electrons. The topological polar surface area (TPSA) is 108 Å². The van der Waals surface area contributed by atoms with Crippen LogP contribution >= 0.6 is 11.3 Å². The van der Waals surface area contributed by atoms with Crippen molar-refractivity contribution in [3.05, 3.63) is 71.1 Å². The number of phenols is 1. The van der Waals surface area contributed by atoms with Crippen LogP contribution in [0.5, 0.6) is 11.5 Å². The third-order valence-corrected chi connectivity index (χ3v) is 9.13. The Labute approximate surface area is 203 Å². The number of sulfonamides is 1. The van der Waals surface area contributed by atoms with E-state index >= 15 is 0 Å². The Morgan fingerprint density at radius 3 is 2.56 bits per heavy atom. The van der Waals surface area contributed by atoms with E-state index in [-0.39, 0.29) is 28.5 Å². The highest BCUT2D eigenvalue weighted by atomic mass is 32.2. The van der Waals surface area contributed by atoms with Crippen LogP contribution in [0.15, 0.2) is 64.9 Å². The van der Waals surface area contributed by atoms with E-state index in [0.29, 0.717) is 37.2 Å². The third kappa shape index (κ3) is 5.69. The maximum absolute atomic E-state index is 13.1. The molecule has 1 aromatic heterocycles. The first-order valence-electron chi connectivity index (χ1n) is 10.9. The largest absolute Gasteiger partial charge is 0.508 e. The number of hydrogen-bond donors (Lipinski definition) is 3. The van der Waals surface area contributed by atoms with Crippen LogP contribution < -0.4 is 15.4 Å². The molecular formula is C24H27N3O5S2. The lowest BCUT2D eigenvalue weighted by molar-refractivity contribution is 0.0951. The number of carbonyl (C=O) groups is 1. The van der Waals surface area contributed by atoms with Gasteiger partial charge in [-0.3, -0.25) is 4.79 Å². The molecule has 34 heavy (non-hydrogen) atoms. The zero-order valence-electron chi connectivity index (χ0n) is 18.7. The summed E-state index contributed by atoms with van der Waals surface area (Å²) in [5.41, 5.74) is 1.38. The minimum atomic E-state index is -3.58. The molecule has 10 heteroatoms. The number of thiophene rings is 1. The minimum Gasteiger partial charge on any atom is -0.508 e. The van der Waals surface area contributed by atoms with Crippen molar-refractivity contribution in [2.75, 3.05) is 25.5 Å². The molecule has 3 aromatic rings. The molecule has 0 radical (unpaired) electrons. The van der Waals surface area contributed by atoms with E-state index in [1.165, 1.54) is 15.6 Å². The van der Waals surface area contributed by atoms with Gasteiger partial charge in [0, 0.05) is 35.3 Å². The van der Waals surface area contributed by atoms with Crippen LogP contribution in [0.3, 0.4) is 0 Å². The molecule has 0 bridgehead atoms. The number of hydrogen-bond acceptors (Lipinski definition) is 7. The molecule has 2 heterocycles. The second-order valence-corrected chi connectivity index (χ2v) is 11.3. The predicted molar refractivity (Wildman–Crippen MR) is 132 cm³/mol. The molecular weight excluding hydrogens is 474 g/mol. The summed E-state index contributed by atoms with van der Waals surface area (Å²) in [5, 5.41) is 15.6. The number of piperidine rings is 1. The van der Waals surface area contributed by atoms with E-state index in [4.69, 9.17) is 4.74 Å². The summed E-state index contributed by atoms with van der Waals surface area (Å²) in [7, 11) is -2.04. The number of nitrogens with one attached hydrogen (secondary N) is 2. The molecule has 1 saturated heterocycles. The van der Waals surface area contributed by atoms with Gasteiger partial charge < -0.3 is 20.5 Å². The van der Waals surface area contributed by atoms with Crippen LogP contribution in [-0.2, 0) is 16.6 Å². The second kappa shape index (κ2) is 10.5. The van der Waals surface area contributed by atoms with Gasteiger partial charge in [-0.25, -0.2) is 8.42 Å². The van der Waals surface area contributed by atoms with Crippen molar-refractivity contribution in [3.8, 4) is 11.5 Å². The fraction of sp³-hybridized carbons (Fsp3) is 0.292. The van der Waals surface area contributed by atoms with Crippen molar-refractivity contribution in [2.45, 2.75) is 29.6 Å². The number of rotatable bonds is 8. The lowest BCUT2D eigenvalue weighted by atomic mass is 10.1. The smallest absolute Gasteiger partial charge is 0.252 e. The standard InChI is InChI=1S/C24H27N3O5S2/c1-32-21-4-2-3-17(15-21)24(29)25-16-22-9-10-23(33-22)34(30,31)27-13-11-19(12-14-27)26-18-5-7-20(28)8-6-18/h2-10,15,19,26,28H,11-14,16H2,1H3,(H,25,29). The zero-order valence-corrected chi connectivity index (χ0v) is 20.4. The first-order chi connectivity index (χ1) is 16.3. The van der Waals surface area contributed by atoms with Gasteiger partial charge in [-0.2, -0.15) is 4.31 Å². The first-order valence-corrected chi connectivity index (χ1v) is 13.2. The number of anilines is 1.